The molecule has 0 aliphatic rings. The maximum absolute atomic E-state index is 4.09. The number of thiazole rings is 1. The molecule has 0 fully saturated rings. The zero-order valence-corrected chi connectivity index (χ0v) is 11.6. The lowest BCUT2D eigenvalue weighted by molar-refractivity contribution is 0.651. The summed E-state index contributed by atoms with van der Waals surface area (Å²) in [4.78, 5) is 6.73. The van der Waals surface area contributed by atoms with Crippen LogP contribution in [0.1, 0.15) is 23.4 Å². The van der Waals surface area contributed by atoms with Crippen molar-refractivity contribution in [2.24, 2.45) is 0 Å². The van der Waals surface area contributed by atoms with Gasteiger partial charge in [-0.15, -0.1) is 23.1 Å². The molecule has 0 amide bonds. The number of hydrogen-bond donors (Lipinski definition) is 1. The highest BCUT2D eigenvalue weighted by Crippen LogP contribution is 2.26. The second kappa shape index (κ2) is 6.19. The Morgan fingerprint density at radius 3 is 3.06 bits per heavy atom. The molecule has 1 aromatic heterocycles. The van der Waals surface area contributed by atoms with Gasteiger partial charge < -0.3 is 5.32 Å². The average Bonchev–Trinajstić information content (AvgIpc) is 2.89. The molecule has 0 saturated carbocycles. The number of aromatic nitrogens is 1. The van der Waals surface area contributed by atoms with E-state index in [-0.39, 0.29) is 0 Å². The third-order valence-corrected chi connectivity index (χ3v) is 4.66. The van der Waals surface area contributed by atoms with Crippen LogP contribution in [0.5, 0.6) is 0 Å². The minimum Gasteiger partial charge on any atom is -0.313 e. The van der Waals surface area contributed by atoms with Crippen LogP contribution >= 0.6 is 23.1 Å². The Labute approximate surface area is 110 Å². The second-order valence-corrected chi connectivity index (χ2v) is 5.86. The van der Waals surface area contributed by atoms with E-state index >= 15 is 0 Å². The van der Waals surface area contributed by atoms with E-state index in [0.717, 1.165) is 5.75 Å². The quantitative estimate of drug-likeness (QED) is 0.833. The highest BCUT2D eigenvalue weighted by atomic mass is 32.2. The van der Waals surface area contributed by atoms with Crippen molar-refractivity contribution in [3.63, 3.8) is 0 Å². The van der Waals surface area contributed by atoms with E-state index < -0.39 is 0 Å². The predicted molar refractivity (Wildman–Crippen MR) is 75.6 cm³/mol. The Bertz CT molecular complexity index is 454. The molecule has 1 unspecified atom stereocenters. The van der Waals surface area contributed by atoms with Gasteiger partial charge >= 0.3 is 0 Å². The number of nitrogens with one attached hydrogen (secondary N) is 1. The summed E-state index contributed by atoms with van der Waals surface area (Å²) in [5.41, 5.74) is 3.22. The topological polar surface area (TPSA) is 24.9 Å². The molecule has 0 aliphatic heterocycles. The fourth-order valence-electron chi connectivity index (χ4n) is 1.51. The van der Waals surface area contributed by atoms with Crippen molar-refractivity contribution in [1.82, 2.24) is 10.3 Å². The average molecular weight is 264 g/mol. The lowest BCUT2D eigenvalue weighted by Gasteiger charge is -2.11. The summed E-state index contributed by atoms with van der Waals surface area (Å²) in [7, 11) is 1.99. The molecule has 1 aromatic carbocycles. The van der Waals surface area contributed by atoms with Gasteiger partial charge in [0.2, 0.25) is 0 Å². The molecule has 1 N–H and O–H groups in total. The third-order valence-electron chi connectivity index (χ3n) is 2.66. The Kier molecular flexibility index (Phi) is 4.59. The second-order valence-electron chi connectivity index (χ2n) is 3.84. The molecule has 0 spiro atoms. The van der Waals surface area contributed by atoms with E-state index in [9.17, 15) is 0 Å². The van der Waals surface area contributed by atoms with Crippen LogP contribution in [0, 0.1) is 0 Å². The Morgan fingerprint density at radius 2 is 2.35 bits per heavy atom. The summed E-state index contributed by atoms with van der Waals surface area (Å²) in [5, 5.41) is 3.26. The molecular formula is C13H16N2S2. The van der Waals surface area contributed by atoms with E-state index in [1.807, 2.05) is 30.5 Å². The molecule has 90 valence electrons. The standard InChI is InChI=1S/C13H16N2S2/c1-10(14-2)11-4-3-5-12(6-11)16-8-13-7-15-9-17-13/h3-7,9-10,14H,8H2,1-2H3. The van der Waals surface area contributed by atoms with Crippen molar-refractivity contribution < 1.29 is 0 Å². The lowest BCUT2D eigenvalue weighted by atomic mass is 10.1. The van der Waals surface area contributed by atoms with Crippen LogP contribution in [0.4, 0.5) is 0 Å². The summed E-state index contributed by atoms with van der Waals surface area (Å²) in [6.07, 6.45) is 1.94. The van der Waals surface area contributed by atoms with E-state index in [1.54, 1.807) is 11.3 Å². The minimum absolute atomic E-state index is 0.402. The van der Waals surface area contributed by atoms with Gasteiger partial charge in [0.1, 0.15) is 0 Å². The van der Waals surface area contributed by atoms with Gasteiger partial charge in [0.15, 0.2) is 0 Å². The van der Waals surface area contributed by atoms with Gasteiger partial charge in [0.25, 0.3) is 0 Å². The number of thioether (sulfide) groups is 1. The monoisotopic (exact) mass is 264 g/mol. The highest BCUT2D eigenvalue weighted by Gasteiger charge is 2.04. The van der Waals surface area contributed by atoms with E-state index in [2.05, 4.69) is 41.5 Å². The molecule has 0 aliphatic carbocycles. The molecule has 1 atom stereocenters. The SMILES string of the molecule is CNC(C)c1cccc(SCc2cncs2)c1. The fourth-order valence-corrected chi connectivity index (χ4v) is 3.11. The van der Waals surface area contributed by atoms with E-state index in [1.165, 1.54) is 15.3 Å². The third kappa shape index (κ3) is 3.56. The van der Waals surface area contributed by atoms with Crippen LogP contribution in [0.15, 0.2) is 40.9 Å². The van der Waals surface area contributed by atoms with Crippen LogP contribution < -0.4 is 5.32 Å². The van der Waals surface area contributed by atoms with Crippen molar-refractivity contribution in [2.45, 2.75) is 23.6 Å². The van der Waals surface area contributed by atoms with Gasteiger partial charge in [-0.2, -0.15) is 0 Å². The Morgan fingerprint density at radius 1 is 1.47 bits per heavy atom. The van der Waals surface area contributed by atoms with Crippen LogP contribution in [-0.2, 0) is 5.75 Å². The zero-order valence-electron chi connectivity index (χ0n) is 10.0. The van der Waals surface area contributed by atoms with Crippen LogP contribution in [0.2, 0.25) is 0 Å². The van der Waals surface area contributed by atoms with Crippen LogP contribution in [0.3, 0.4) is 0 Å². The summed E-state index contributed by atoms with van der Waals surface area (Å²) < 4.78 is 0. The van der Waals surface area contributed by atoms with Gasteiger partial charge in [0.05, 0.1) is 5.51 Å². The smallest absolute Gasteiger partial charge is 0.0794 e. The highest BCUT2D eigenvalue weighted by molar-refractivity contribution is 7.98. The zero-order chi connectivity index (χ0) is 12.1. The molecule has 0 radical (unpaired) electrons. The van der Waals surface area contributed by atoms with Gasteiger partial charge in [-0.3, -0.25) is 4.98 Å². The number of hydrogen-bond acceptors (Lipinski definition) is 4. The summed E-state index contributed by atoms with van der Waals surface area (Å²) in [6, 6.07) is 9.11. The molecule has 0 bridgehead atoms. The van der Waals surface area contributed by atoms with Crippen molar-refractivity contribution in [2.75, 3.05) is 7.05 Å². The Hall–Kier alpha value is -0.840. The van der Waals surface area contributed by atoms with Crippen LogP contribution in [-0.4, -0.2) is 12.0 Å². The van der Waals surface area contributed by atoms with Crippen LogP contribution in [0.25, 0.3) is 0 Å². The van der Waals surface area contributed by atoms with Gasteiger partial charge in [0, 0.05) is 27.8 Å². The van der Waals surface area contributed by atoms with Crippen molar-refractivity contribution in [3.05, 3.63) is 46.4 Å². The molecule has 1 heterocycles. The molecule has 17 heavy (non-hydrogen) atoms. The molecular weight excluding hydrogens is 248 g/mol. The largest absolute Gasteiger partial charge is 0.313 e. The number of benzene rings is 1. The normalized spacial score (nSPS) is 12.6. The van der Waals surface area contributed by atoms with Gasteiger partial charge in [-0.1, -0.05) is 12.1 Å². The van der Waals surface area contributed by atoms with E-state index in [0.29, 0.717) is 6.04 Å². The summed E-state index contributed by atoms with van der Waals surface area (Å²) in [6.45, 7) is 2.17. The maximum Gasteiger partial charge on any atom is 0.0794 e. The predicted octanol–water partition coefficient (Wildman–Crippen LogP) is 3.72. The van der Waals surface area contributed by atoms with Gasteiger partial charge in [-0.05, 0) is 31.7 Å². The first-order chi connectivity index (χ1) is 8.29. The van der Waals surface area contributed by atoms with Crippen molar-refractivity contribution >= 4 is 23.1 Å². The molecule has 2 nitrogen and oxygen atoms in total. The summed E-state index contributed by atoms with van der Waals surface area (Å²) in [5.74, 6) is 1.00. The summed E-state index contributed by atoms with van der Waals surface area (Å²) >= 11 is 3.58. The number of nitrogens with zero attached hydrogens (tertiary/aromatic N) is 1. The molecule has 2 rings (SSSR count). The first-order valence-corrected chi connectivity index (χ1v) is 7.43. The first-order valence-electron chi connectivity index (χ1n) is 5.57. The lowest BCUT2D eigenvalue weighted by Crippen LogP contribution is -2.11. The van der Waals surface area contributed by atoms with Crippen molar-refractivity contribution in [1.29, 1.82) is 0 Å². The minimum atomic E-state index is 0.402. The Balaban J connectivity index is 2.01. The fraction of sp³-hybridized carbons (Fsp3) is 0.308. The number of rotatable bonds is 5. The first kappa shape index (κ1) is 12.6. The molecule has 0 saturated heterocycles. The molecule has 2 aromatic rings. The van der Waals surface area contributed by atoms with Crippen molar-refractivity contribution in [3.8, 4) is 0 Å². The molecule has 4 heteroatoms. The van der Waals surface area contributed by atoms with E-state index in [4.69, 9.17) is 0 Å². The maximum atomic E-state index is 4.09. The van der Waals surface area contributed by atoms with Gasteiger partial charge in [-0.25, -0.2) is 0 Å².